The van der Waals surface area contributed by atoms with Gasteiger partial charge in [-0.15, -0.1) is 0 Å². The highest BCUT2D eigenvalue weighted by molar-refractivity contribution is 7.97. The summed E-state index contributed by atoms with van der Waals surface area (Å²) in [4.78, 5) is 10.9. The SMILES string of the molecule is CCN1Cc2ccccc2C(C2CCCC2)(C2CCN(SC3CN(c4ccc(S(=O)c5ccncc5)cc4)C3)CC2)C1. The number of nitrogens with zero attached hydrogens (tertiary/aromatic N) is 4. The van der Waals surface area contributed by atoms with E-state index in [1.165, 1.54) is 63.8 Å². The molecule has 3 fully saturated rings. The Balaban J connectivity index is 0.963. The Morgan fingerprint density at radius 2 is 1.55 bits per heavy atom. The zero-order valence-electron chi connectivity index (χ0n) is 24.9. The minimum Gasteiger partial charge on any atom is -0.369 e. The van der Waals surface area contributed by atoms with E-state index in [2.05, 4.69) is 74.4 Å². The van der Waals surface area contributed by atoms with Crippen LogP contribution in [0.25, 0.3) is 0 Å². The van der Waals surface area contributed by atoms with E-state index in [1.807, 2.05) is 24.3 Å². The molecule has 0 spiro atoms. The van der Waals surface area contributed by atoms with Crippen molar-refractivity contribution in [2.75, 3.05) is 44.2 Å². The molecule has 4 aliphatic rings. The average molecular weight is 601 g/mol. The zero-order valence-corrected chi connectivity index (χ0v) is 26.5. The van der Waals surface area contributed by atoms with Crippen LogP contribution in [0.1, 0.15) is 56.6 Å². The molecule has 2 atom stereocenters. The van der Waals surface area contributed by atoms with E-state index in [0.29, 0.717) is 10.7 Å². The number of fused-ring (bicyclic) bond motifs is 1. The van der Waals surface area contributed by atoms with Crippen molar-refractivity contribution >= 4 is 28.4 Å². The van der Waals surface area contributed by atoms with E-state index in [1.54, 1.807) is 23.5 Å². The van der Waals surface area contributed by atoms with Crippen molar-refractivity contribution in [3.05, 3.63) is 84.2 Å². The molecule has 4 heterocycles. The first-order valence-corrected chi connectivity index (χ1v) is 18.0. The molecule has 7 heteroatoms. The van der Waals surface area contributed by atoms with E-state index in [0.717, 1.165) is 47.8 Å². The summed E-state index contributed by atoms with van der Waals surface area (Å²) in [6, 6.07) is 21.4. The molecule has 3 aliphatic heterocycles. The molecular weight excluding hydrogens is 557 g/mol. The molecule has 7 rings (SSSR count). The van der Waals surface area contributed by atoms with Gasteiger partial charge in [-0.2, -0.15) is 0 Å². The summed E-state index contributed by atoms with van der Waals surface area (Å²) in [6.45, 7) is 10.5. The summed E-state index contributed by atoms with van der Waals surface area (Å²) in [6.07, 6.45) is 11.7. The molecule has 1 saturated carbocycles. The van der Waals surface area contributed by atoms with Crippen molar-refractivity contribution in [2.45, 2.75) is 72.4 Å². The summed E-state index contributed by atoms with van der Waals surface area (Å²) in [5.74, 6) is 1.62. The molecule has 1 aliphatic carbocycles. The second-order valence-electron chi connectivity index (χ2n) is 12.8. The fourth-order valence-corrected chi connectivity index (χ4v) is 10.7. The first kappa shape index (κ1) is 28.6. The molecule has 0 N–H and O–H groups in total. The quantitative estimate of drug-likeness (QED) is 0.266. The van der Waals surface area contributed by atoms with Crippen LogP contribution in [0.2, 0.25) is 0 Å². The molecule has 5 nitrogen and oxygen atoms in total. The lowest BCUT2D eigenvalue weighted by atomic mass is 9.57. The Morgan fingerprint density at radius 1 is 0.881 bits per heavy atom. The molecule has 2 saturated heterocycles. The number of likely N-dealkylation sites (N-methyl/N-ethyl adjacent to an activating group) is 1. The van der Waals surface area contributed by atoms with Crippen molar-refractivity contribution < 1.29 is 4.21 Å². The second-order valence-corrected chi connectivity index (χ2v) is 15.6. The average Bonchev–Trinajstić information content (AvgIpc) is 3.58. The Hall–Kier alpha value is -2.19. The van der Waals surface area contributed by atoms with Gasteiger partial charge in [-0.3, -0.25) is 14.2 Å². The maximum Gasteiger partial charge on any atom is 0.0850 e. The molecule has 42 heavy (non-hydrogen) atoms. The predicted octanol–water partition coefficient (Wildman–Crippen LogP) is 6.76. The number of benzene rings is 2. The van der Waals surface area contributed by atoms with Gasteiger partial charge in [-0.05, 0) is 91.6 Å². The molecule has 3 aromatic rings. The minimum atomic E-state index is -1.16. The van der Waals surface area contributed by atoms with Gasteiger partial charge in [0.05, 0.1) is 16.0 Å². The van der Waals surface area contributed by atoms with E-state index >= 15 is 0 Å². The number of anilines is 1. The van der Waals surface area contributed by atoms with Gasteiger partial charge in [0.25, 0.3) is 0 Å². The van der Waals surface area contributed by atoms with Crippen molar-refractivity contribution in [1.82, 2.24) is 14.2 Å². The third kappa shape index (κ3) is 5.47. The molecule has 2 aromatic carbocycles. The molecule has 2 unspecified atom stereocenters. The Bertz CT molecular complexity index is 1370. The standard InChI is InChI=1S/C35H44N4OS2/c1-2-37-23-27-7-3-6-10-34(27)35(26-37,28-8-4-5-9-28)29-17-21-39(22-18-29)41-31-24-38(25-31)30-11-13-32(14-12-30)42(40)33-15-19-36-20-16-33/h3,6-7,10-16,19-20,28-29,31H,2,4-5,8-9,17-18,21-26H2,1H3. The zero-order chi connectivity index (χ0) is 28.5. The molecular formula is C35H44N4OS2. The highest BCUT2D eigenvalue weighted by Crippen LogP contribution is 2.53. The third-order valence-corrected chi connectivity index (χ3v) is 13.2. The van der Waals surface area contributed by atoms with Gasteiger partial charge < -0.3 is 4.90 Å². The number of rotatable bonds is 8. The number of hydrogen-bond acceptors (Lipinski definition) is 6. The molecule has 1 aromatic heterocycles. The molecule has 0 bridgehead atoms. The largest absolute Gasteiger partial charge is 0.369 e. The van der Waals surface area contributed by atoms with Crippen molar-refractivity contribution in [2.24, 2.45) is 11.8 Å². The minimum absolute atomic E-state index is 0.332. The molecule has 0 amide bonds. The fourth-order valence-electron chi connectivity index (χ4n) is 8.34. The van der Waals surface area contributed by atoms with Crippen molar-refractivity contribution in [1.29, 1.82) is 0 Å². The highest BCUT2D eigenvalue weighted by Gasteiger charge is 2.51. The topological polar surface area (TPSA) is 39.7 Å². The Morgan fingerprint density at radius 3 is 2.26 bits per heavy atom. The van der Waals surface area contributed by atoms with Crippen LogP contribution in [0.3, 0.4) is 0 Å². The lowest BCUT2D eigenvalue weighted by molar-refractivity contribution is 0.0545. The lowest BCUT2D eigenvalue weighted by Crippen LogP contribution is -2.56. The fraction of sp³-hybridized carbons (Fsp3) is 0.514. The van der Waals surface area contributed by atoms with Crippen LogP contribution in [-0.4, -0.2) is 62.9 Å². The Kier molecular flexibility index (Phi) is 8.46. The first-order chi connectivity index (χ1) is 20.6. The van der Waals surface area contributed by atoms with Crippen molar-refractivity contribution in [3.8, 4) is 0 Å². The predicted molar refractivity (Wildman–Crippen MR) is 174 cm³/mol. The second kappa shape index (κ2) is 12.4. The number of aromatic nitrogens is 1. The number of piperidine rings is 1. The van der Waals surface area contributed by atoms with Crippen LogP contribution < -0.4 is 4.90 Å². The summed E-state index contributed by atoms with van der Waals surface area (Å²) in [5, 5.41) is 0.655. The van der Waals surface area contributed by atoms with Crippen LogP contribution >= 0.6 is 11.9 Å². The maximum atomic E-state index is 12.9. The summed E-state index contributed by atoms with van der Waals surface area (Å²) < 4.78 is 15.5. The van der Waals surface area contributed by atoms with Gasteiger partial charge in [0.1, 0.15) is 0 Å². The highest BCUT2D eigenvalue weighted by atomic mass is 32.2. The summed E-state index contributed by atoms with van der Waals surface area (Å²) >= 11 is 2.11. The first-order valence-electron chi connectivity index (χ1n) is 16.0. The van der Waals surface area contributed by atoms with Gasteiger partial charge in [0.15, 0.2) is 0 Å². The van der Waals surface area contributed by atoms with Gasteiger partial charge in [0, 0.05) is 72.6 Å². The van der Waals surface area contributed by atoms with E-state index in [9.17, 15) is 4.21 Å². The van der Waals surface area contributed by atoms with E-state index in [4.69, 9.17) is 0 Å². The lowest BCUT2D eigenvalue weighted by Gasteiger charge is -2.54. The summed E-state index contributed by atoms with van der Waals surface area (Å²) in [5.41, 5.74) is 4.87. The van der Waals surface area contributed by atoms with Gasteiger partial charge in [-0.25, -0.2) is 4.21 Å². The number of pyridine rings is 1. The maximum absolute atomic E-state index is 12.9. The van der Waals surface area contributed by atoms with E-state index < -0.39 is 10.8 Å². The molecule has 222 valence electrons. The van der Waals surface area contributed by atoms with Crippen molar-refractivity contribution in [3.63, 3.8) is 0 Å². The number of hydrogen-bond donors (Lipinski definition) is 0. The van der Waals surface area contributed by atoms with Crippen LogP contribution in [0.15, 0.2) is 82.8 Å². The van der Waals surface area contributed by atoms with Gasteiger partial charge >= 0.3 is 0 Å². The third-order valence-electron chi connectivity index (χ3n) is 10.5. The van der Waals surface area contributed by atoms with Gasteiger partial charge in [0.2, 0.25) is 0 Å². The van der Waals surface area contributed by atoms with Gasteiger partial charge in [-0.1, -0.05) is 56.0 Å². The van der Waals surface area contributed by atoms with Crippen LogP contribution in [-0.2, 0) is 22.8 Å². The van der Waals surface area contributed by atoms with Crippen LogP contribution in [0, 0.1) is 11.8 Å². The summed E-state index contributed by atoms with van der Waals surface area (Å²) in [7, 11) is -1.16. The smallest absolute Gasteiger partial charge is 0.0850 e. The normalized spacial score (nSPS) is 25.3. The molecule has 0 radical (unpaired) electrons. The van der Waals surface area contributed by atoms with Crippen LogP contribution in [0.4, 0.5) is 5.69 Å². The van der Waals surface area contributed by atoms with E-state index in [-0.39, 0.29) is 0 Å². The van der Waals surface area contributed by atoms with Crippen LogP contribution in [0.5, 0.6) is 0 Å². The monoisotopic (exact) mass is 600 g/mol. The Labute approximate surface area is 258 Å².